The Morgan fingerprint density at radius 2 is 2.00 bits per heavy atom. The Kier molecular flexibility index (Phi) is 5.40. The molecular formula is C11H16F2N2O4S. The van der Waals surface area contributed by atoms with Crippen LogP contribution in [0.25, 0.3) is 0 Å². The Labute approximate surface area is 115 Å². The van der Waals surface area contributed by atoms with Gasteiger partial charge in [-0.2, -0.15) is 4.31 Å². The van der Waals surface area contributed by atoms with Crippen LogP contribution in [0.15, 0.2) is 17.0 Å². The molecule has 0 fully saturated rings. The van der Waals surface area contributed by atoms with E-state index in [0.29, 0.717) is 12.1 Å². The van der Waals surface area contributed by atoms with Crippen LogP contribution in [-0.4, -0.2) is 51.2 Å². The van der Waals surface area contributed by atoms with Crippen molar-refractivity contribution in [2.24, 2.45) is 0 Å². The number of hydrogen-bond acceptors (Lipinski definition) is 5. The Morgan fingerprint density at radius 1 is 1.40 bits per heavy atom. The molecule has 114 valence electrons. The summed E-state index contributed by atoms with van der Waals surface area (Å²) in [7, 11) is -1.72. The van der Waals surface area contributed by atoms with Gasteiger partial charge in [0.15, 0.2) is 0 Å². The summed E-state index contributed by atoms with van der Waals surface area (Å²) in [5, 5.41) is 9.49. The fourth-order valence-electron chi connectivity index (χ4n) is 1.55. The summed E-state index contributed by atoms with van der Waals surface area (Å²) in [4.78, 5) is -0.747. The number of nitrogens with two attached hydrogens (primary N) is 1. The number of halogens is 2. The van der Waals surface area contributed by atoms with Gasteiger partial charge in [0.05, 0.1) is 18.4 Å². The van der Waals surface area contributed by atoms with Gasteiger partial charge in [-0.1, -0.05) is 0 Å². The van der Waals surface area contributed by atoms with E-state index < -0.39 is 38.3 Å². The van der Waals surface area contributed by atoms with Gasteiger partial charge in [0, 0.05) is 26.8 Å². The van der Waals surface area contributed by atoms with Crippen molar-refractivity contribution in [2.45, 2.75) is 11.0 Å². The number of nitrogen functional groups attached to an aromatic ring is 1. The summed E-state index contributed by atoms with van der Waals surface area (Å²) in [6, 6.07) is 1.11. The summed E-state index contributed by atoms with van der Waals surface area (Å²) in [6.07, 6.45) is -1.07. The Morgan fingerprint density at radius 3 is 2.55 bits per heavy atom. The highest BCUT2D eigenvalue weighted by atomic mass is 32.2. The van der Waals surface area contributed by atoms with E-state index in [2.05, 4.69) is 4.74 Å². The number of aliphatic hydroxyl groups excluding tert-OH is 1. The molecule has 0 spiro atoms. The highest BCUT2D eigenvalue weighted by Crippen LogP contribution is 2.23. The van der Waals surface area contributed by atoms with E-state index >= 15 is 0 Å². The van der Waals surface area contributed by atoms with Gasteiger partial charge >= 0.3 is 0 Å². The summed E-state index contributed by atoms with van der Waals surface area (Å²) >= 11 is 0. The van der Waals surface area contributed by atoms with Crippen molar-refractivity contribution in [1.29, 1.82) is 0 Å². The van der Waals surface area contributed by atoms with Crippen LogP contribution in [0.1, 0.15) is 0 Å². The number of methoxy groups -OCH3 is 1. The van der Waals surface area contributed by atoms with Crippen molar-refractivity contribution in [1.82, 2.24) is 4.31 Å². The second-order valence-corrected chi connectivity index (χ2v) is 6.21. The number of benzene rings is 1. The van der Waals surface area contributed by atoms with Crippen LogP contribution >= 0.6 is 0 Å². The van der Waals surface area contributed by atoms with Gasteiger partial charge in [-0.25, -0.2) is 17.2 Å². The van der Waals surface area contributed by atoms with E-state index in [1.54, 1.807) is 0 Å². The molecule has 0 aliphatic carbocycles. The molecule has 0 amide bonds. The van der Waals surface area contributed by atoms with Crippen LogP contribution in [0, 0.1) is 11.6 Å². The first-order chi connectivity index (χ1) is 9.20. The molecule has 1 aromatic rings. The molecule has 1 aromatic carbocycles. The van der Waals surface area contributed by atoms with Crippen molar-refractivity contribution >= 4 is 15.7 Å². The van der Waals surface area contributed by atoms with Gasteiger partial charge in [0.1, 0.15) is 16.5 Å². The average Bonchev–Trinajstić information content (AvgIpc) is 2.33. The molecule has 0 heterocycles. The third-order valence-corrected chi connectivity index (χ3v) is 4.40. The van der Waals surface area contributed by atoms with Crippen LogP contribution in [-0.2, 0) is 14.8 Å². The van der Waals surface area contributed by atoms with Gasteiger partial charge < -0.3 is 15.6 Å². The Bertz CT molecular complexity index is 580. The number of nitrogens with zero attached hydrogens (tertiary/aromatic N) is 1. The summed E-state index contributed by atoms with van der Waals surface area (Å²) in [5.41, 5.74) is 4.77. The molecule has 3 N–H and O–H groups in total. The molecule has 0 bridgehead atoms. The molecule has 0 aliphatic rings. The van der Waals surface area contributed by atoms with Gasteiger partial charge in [0.25, 0.3) is 0 Å². The van der Waals surface area contributed by atoms with E-state index in [1.807, 2.05) is 0 Å². The lowest BCUT2D eigenvalue weighted by molar-refractivity contribution is 0.0554. The van der Waals surface area contributed by atoms with Crippen molar-refractivity contribution < 1.29 is 27.0 Å². The average molecular weight is 310 g/mol. The number of sulfonamides is 1. The molecule has 0 saturated heterocycles. The quantitative estimate of drug-likeness (QED) is 0.731. The number of ether oxygens (including phenoxy) is 1. The van der Waals surface area contributed by atoms with Crippen molar-refractivity contribution in [3.8, 4) is 0 Å². The van der Waals surface area contributed by atoms with E-state index in [1.165, 1.54) is 7.11 Å². The standard InChI is InChI=1S/C11H16F2N2O4S/c1-15(5-7(16)6-19-2)20(17,18)11-4-10(14)8(12)3-9(11)13/h3-4,7,16H,5-6,14H2,1-2H3. The fourth-order valence-corrected chi connectivity index (χ4v) is 2.84. The Balaban J connectivity index is 3.07. The lowest BCUT2D eigenvalue weighted by Gasteiger charge is -2.20. The molecule has 9 heteroatoms. The first kappa shape index (κ1) is 16.8. The van der Waals surface area contributed by atoms with Crippen molar-refractivity contribution in [3.63, 3.8) is 0 Å². The van der Waals surface area contributed by atoms with Crippen molar-refractivity contribution in [3.05, 3.63) is 23.8 Å². The smallest absolute Gasteiger partial charge is 0.245 e. The largest absolute Gasteiger partial charge is 0.396 e. The predicted molar refractivity (Wildman–Crippen MR) is 68.5 cm³/mol. The van der Waals surface area contributed by atoms with Crippen molar-refractivity contribution in [2.75, 3.05) is 33.0 Å². The van der Waals surface area contributed by atoms with E-state index in [-0.39, 0.29) is 13.2 Å². The number of aliphatic hydroxyl groups is 1. The molecule has 20 heavy (non-hydrogen) atoms. The maximum Gasteiger partial charge on any atom is 0.245 e. The highest BCUT2D eigenvalue weighted by Gasteiger charge is 2.27. The summed E-state index contributed by atoms with van der Waals surface area (Å²) < 4.78 is 56.2. The van der Waals surface area contributed by atoms with Gasteiger partial charge in [-0.3, -0.25) is 0 Å². The zero-order valence-electron chi connectivity index (χ0n) is 11.0. The number of likely N-dealkylation sites (N-methyl/N-ethyl adjacent to an activating group) is 1. The molecule has 0 saturated carbocycles. The fraction of sp³-hybridized carbons (Fsp3) is 0.455. The molecule has 1 rings (SSSR count). The zero-order chi connectivity index (χ0) is 15.5. The highest BCUT2D eigenvalue weighted by molar-refractivity contribution is 7.89. The predicted octanol–water partition coefficient (Wildman–Crippen LogP) is 0.175. The van der Waals surface area contributed by atoms with E-state index in [9.17, 15) is 22.3 Å². The first-order valence-corrected chi connectivity index (χ1v) is 7.02. The van der Waals surface area contributed by atoms with Crippen LogP contribution in [0.5, 0.6) is 0 Å². The maximum atomic E-state index is 13.6. The van der Waals surface area contributed by atoms with Crippen LogP contribution < -0.4 is 5.73 Å². The lowest BCUT2D eigenvalue weighted by Crippen LogP contribution is -2.36. The molecular weight excluding hydrogens is 294 g/mol. The maximum absolute atomic E-state index is 13.6. The molecule has 1 unspecified atom stereocenters. The third-order valence-electron chi connectivity index (χ3n) is 2.57. The molecule has 0 aromatic heterocycles. The SMILES string of the molecule is COCC(O)CN(C)S(=O)(=O)c1cc(N)c(F)cc1F. The van der Waals surface area contributed by atoms with Crippen LogP contribution in [0.4, 0.5) is 14.5 Å². The summed E-state index contributed by atoms with van der Waals surface area (Å²) in [5.74, 6) is -2.28. The lowest BCUT2D eigenvalue weighted by atomic mass is 10.3. The molecule has 1 atom stereocenters. The third kappa shape index (κ3) is 3.63. The number of hydrogen-bond donors (Lipinski definition) is 2. The van der Waals surface area contributed by atoms with E-state index in [0.717, 1.165) is 11.4 Å². The number of anilines is 1. The monoisotopic (exact) mass is 310 g/mol. The summed E-state index contributed by atoms with van der Waals surface area (Å²) in [6.45, 7) is -0.374. The van der Waals surface area contributed by atoms with Crippen LogP contribution in [0.3, 0.4) is 0 Å². The van der Waals surface area contributed by atoms with Crippen LogP contribution in [0.2, 0.25) is 0 Å². The second kappa shape index (κ2) is 6.44. The Hall–Kier alpha value is -1.29. The molecule has 6 nitrogen and oxygen atoms in total. The molecule has 0 radical (unpaired) electrons. The second-order valence-electron chi connectivity index (χ2n) is 4.20. The molecule has 0 aliphatic heterocycles. The zero-order valence-corrected chi connectivity index (χ0v) is 11.8. The minimum atomic E-state index is -4.23. The van der Waals surface area contributed by atoms with Gasteiger partial charge in [-0.05, 0) is 6.07 Å². The minimum Gasteiger partial charge on any atom is -0.396 e. The first-order valence-electron chi connectivity index (χ1n) is 5.58. The van der Waals surface area contributed by atoms with E-state index in [4.69, 9.17) is 5.73 Å². The topological polar surface area (TPSA) is 92.9 Å². The van der Waals surface area contributed by atoms with Gasteiger partial charge in [-0.15, -0.1) is 0 Å². The normalized spacial score (nSPS) is 13.7. The van der Waals surface area contributed by atoms with Gasteiger partial charge in [0.2, 0.25) is 10.0 Å². The number of rotatable bonds is 6. The minimum absolute atomic E-state index is 0.0755.